The Bertz CT molecular complexity index is 509. The molecule has 1 aromatic rings. The molecule has 1 aliphatic heterocycles. The Labute approximate surface area is 128 Å². The van der Waals surface area contributed by atoms with Crippen molar-refractivity contribution in [2.24, 2.45) is 0 Å². The van der Waals surface area contributed by atoms with Crippen LogP contribution in [0.2, 0.25) is 5.02 Å². The lowest BCUT2D eigenvalue weighted by atomic mass is 10.3. The Kier molecular flexibility index (Phi) is 4.55. The molecule has 0 bridgehead atoms. The molecule has 0 aliphatic carbocycles. The SMILES string of the molecule is CC(=O)SC1CC(=O)N(c2ccc(Cl)c(I)c2)C1. The molecule has 1 fully saturated rings. The molecule has 1 heterocycles. The van der Waals surface area contributed by atoms with E-state index in [0.717, 1.165) is 9.26 Å². The number of carbonyl (C=O) groups is 2. The van der Waals surface area contributed by atoms with Crippen molar-refractivity contribution in [1.82, 2.24) is 0 Å². The third kappa shape index (κ3) is 3.19. The summed E-state index contributed by atoms with van der Waals surface area (Å²) in [5, 5.41) is 0.796. The van der Waals surface area contributed by atoms with Gasteiger partial charge in [0.15, 0.2) is 5.12 Å². The molecule has 1 atom stereocenters. The number of amides is 1. The zero-order valence-corrected chi connectivity index (χ0v) is 13.4. The summed E-state index contributed by atoms with van der Waals surface area (Å²) in [6, 6.07) is 5.52. The van der Waals surface area contributed by atoms with Crippen LogP contribution in [0.5, 0.6) is 0 Å². The Morgan fingerprint density at radius 3 is 2.89 bits per heavy atom. The van der Waals surface area contributed by atoms with E-state index in [9.17, 15) is 9.59 Å². The molecule has 18 heavy (non-hydrogen) atoms. The molecule has 1 aliphatic rings. The molecule has 3 nitrogen and oxygen atoms in total. The Balaban J connectivity index is 2.16. The average molecular weight is 396 g/mol. The Morgan fingerprint density at radius 1 is 1.56 bits per heavy atom. The molecule has 6 heteroatoms. The van der Waals surface area contributed by atoms with Gasteiger partial charge in [0, 0.05) is 34.4 Å². The van der Waals surface area contributed by atoms with Gasteiger partial charge in [0.05, 0.1) is 5.02 Å². The van der Waals surface area contributed by atoms with Gasteiger partial charge in [-0.3, -0.25) is 9.59 Å². The molecular formula is C12H11ClINO2S. The molecule has 2 rings (SSSR count). The van der Waals surface area contributed by atoms with Crippen molar-refractivity contribution in [3.8, 4) is 0 Å². The highest BCUT2D eigenvalue weighted by Gasteiger charge is 2.31. The van der Waals surface area contributed by atoms with Crippen molar-refractivity contribution < 1.29 is 9.59 Å². The normalized spacial score (nSPS) is 19.4. The van der Waals surface area contributed by atoms with Crippen molar-refractivity contribution in [3.05, 3.63) is 26.8 Å². The fourth-order valence-corrected chi connectivity index (χ4v) is 3.43. The standard InChI is InChI=1S/C12H11ClINO2S/c1-7(16)18-9-5-12(17)15(6-9)8-2-3-10(13)11(14)4-8/h2-4,9H,5-6H2,1H3. The fraction of sp³-hybridized carbons (Fsp3) is 0.333. The van der Waals surface area contributed by atoms with E-state index in [-0.39, 0.29) is 16.3 Å². The van der Waals surface area contributed by atoms with Gasteiger partial charge in [-0.2, -0.15) is 0 Å². The number of anilines is 1. The van der Waals surface area contributed by atoms with E-state index >= 15 is 0 Å². The van der Waals surface area contributed by atoms with E-state index in [2.05, 4.69) is 22.6 Å². The van der Waals surface area contributed by atoms with Crippen LogP contribution in [0.3, 0.4) is 0 Å². The number of benzene rings is 1. The summed E-state index contributed by atoms with van der Waals surface area (Å²) < 4.78 is 0.919. The second-order valence-electron chi connectivity index (χ2n) is 4.04. The molecule has 0 spiro atoms. The zero-order valence-electron chi connectivity index (χ0n) is 9.65. The van der Waals surface area contributed by atoms with Crippen LogP contribution in [-0.4, -0.2) is 22.8 Å². The summed E-state index contributed by atoms with van der Waals surface area (Å²) in [5.41, 5.74) is 0.848. The molecule has 0 aromatic heterocycles. The average Bonchev–Trinajstić information content (AvgIpc) is 2.62. The lowest BCUT2D eigenvalue weighted by Gasteiger charge is -2.17. The summed E-state index contributed by atoms with van der Waals surface area (Å²) in [7, 11) is 0. The first kappa shape index (κ1) is 14.1. The van der Waals surface area contributed by atoms with Crippen LogP contribution in [-0.2, 0) is 9.59 Å². The third-order valence-electron chi connectivity index (χ3n) is 2.64. The first-order valence-corrected chi connectivity index (χ1v) is 7.73. The smallest absolute Gasteiger partial charge is 0.228 e. The minimum Gasteiger partial charge on any atom is -0.311 e. The number of nitrogens with zero attached hydrogens (tertiary/aromatic N) is 1. The van der Waals surface area contributed by atoms with E-state index in [4.69, 9.17) is 11.6 Å². The van der Waals surface area contributed by atoms with E-state index in [1.54, 1.807) is 11.0 Å². The molecule has 0 saturated carbocycles. The number of rotatable bonds is 2. The molecular weight excluding hydrogens is 385 g/mol. The first-order chi connectivity index (χ1) is 8.47. The number of thioether (sulfide) groups is 1. The summed E-state index contributed by atoms with van der Waals surface area (Å²) in [4.78, 5) is 24.7. The number of hydrogen-bond acceptors (Lipinski definition) is 3. The summed E-state index contributed by atoms with van der Waals surface area (Å²) in [5.74, 6) is 0.0619. The van der Waals surface area contributed by atoms with Crippen LogP contribution >= 0.6 is 46.0 Å². The van der Waals surface area contributed by atoms with Crippen molar-refractivity contribution in [2.75, 3.05) is 11.4 Å². The maximum atomic E-state index is 11.9. The highest BCUT2D eigenvalue weighted by molar-refractivity contribution is 14.1. The van der Waals surface area contributed by atoms with Gasteiger partial charge in [-0.05, 0) is 40.8 Å². The second kappa shape index (κ2) is 5.79. The number of carbonyl (C=O) groups excluding carboxylic acids is 2. The Hall–Kier alpha value is -0.270. The first-order valence-electron chi connectivity index (χ1n) is 5.40. The van der Waals surface area contributed by atoms with Gasteiger partial charge in [0.25, 0.3) is 0 Å². The van der Waals surface area contributed by atoms with Gasteiger partial charge < -0.3 is 4.90 Å². The monoisotopic (exact) mass is 395 g/mol. The molecule has 1 saturated heterocycles. The van der Waals surface area contributed by atoms with E-state index in [1.165, 1.54) is 18.7 Å². The van der Waals surface area contributed by atoms with E-state index in [0.29, 0.717) is 18.0 Å². The number of hydrogen-bond donors (Lipinski definition) is 0. The number of halogens is 2. The topological polar surface area (TPSA) is 37.4 Å². The molecule has 1 aromatic carbocycles. The lowest BCUT2D eigenvalue weighted by molar-refractivity contribution is -0.117. The van der Waals surface area contributed by atoms with Gasteiger partial charge in [0.2, 0.25) is 5.91 Å². The molecule has 1 unspecified atom stereocenters. The molecule has 1 amide bonds. The largest absolute Gasteiger partial charge is 0.311 e. The van der Waals surface area contributed by atoms with Crippen molar-refractivity contribution in [1.29, 1.82) is 0 Å². The van der Waals surface area contributed by atoms with Crippen LogP contribution in [0.1, 0.15) is 13.3 Å². The lowest BCUT2D eigenvalue weighted by Crippen LogP contribution is -2.24. The van der Waals surface area contributed by atoms with Crippen LogP contribution in [0.15, 0.2) is 18.2 Å². The predicted molar refractivity (Wildman–Crippen MR) is 83.2 cm³/mol. The molecule has 0 radical (unpaired) electrons. The fourth-order valence-electron chi connectivity index (χ4n) is 1.89. The van der Waals surface area contributed by atoms with Gasteiger partial charge in [0.1, 0.15) is 0 Å². The third-order valence-corrected chi connectivity index (χ3v) is 5.16. The van der Waals surface area contributed by atoms with Crippen LogP contribution in [0.4, 0.5) is 5.69 Å². The van der Waals surface area contributed by atoms with Gasteiger partial charge in [-0.15, -0.1) is 0 Å². The van der Waals surface area contributed by atoms with Crippen molar-refractivity contribution in [2.45, 2.75) is 18.6 Å². The summed E-state index contributed by atoms with van der Waals surface area (Å²) in [6.45, 7) is 2.11. The van der Waals surface area contributed by atoms with Gasteiger partial charge >= 0.3 is 0 Å². The Morgan fingerprint density at radius 2 is 2.28 bits per heavy atom. The quantitative estimate of drug-likeness (QED) is 0.721. The summed E-state index contributed by atoms with van der Waals surface area (Å²) in [6.07, 6.45) is 0.420. The molecule has 0 N–H and O–H groups in total. The van der Waals surface area contributed by atoms with Crippen LogP contribution < -0.4 is 4.90 Å². The predicted octanol–water partition coefficient (Wildman–Crippen LogP) is 3.33. The van der Waals surface area contributed by atoms with Crippen molar-refractivity contribution in [3.63, 3.8) is 0 Å². The zero-order chi connectivity index (χ0) is 13.3. The minimum atomic E-state index is 0.0559. The molecule has 96 valence electrons. The second-order valence-corrected chi connectivity index (χ2v) is 7.08. The maximum Gasteiger partial charge on any atom is 0.228 e. The highest BCUT2D eigenvalue weighted by atomic mass is 127. The van der Waals surface area contributed by atoms with E-state index < -0.39 is 0 Å². The van der Waals surface area contributed by atoms with Crippen LogP contribution in [0.25, 0.3) is 0 Å². The maximum absolute atomic E-state index is 11.9. The van der Waals surface area contributed by atoms with Crippen molar-refractivity contribution >= 4 is 62.7 Å². The van der Waals surface area contributed by atoms with Gasteiger partial charge in [-0.1, -0.05) is 23.4 Å². The van der Waals surface area contributed by atoms with Gasteiger partial charge in [-0.25, -0.2) is 0 Å². The highest BCUT2D eigenvalue weighted by Crippen LogP contribution is 2.31. The minimum absolute atomic E-state index is 0.0559. The summed E-state index contributed by atoms with van der Waals surface area (Å²) >= 11 is 9.34. The van der Waals surface area contributed by atoms with Crippen LogP contribution in [0, 0.1) is 3.57 Å². The van der Waals surface area contributed by atoms with E-state index in [1.807, 2.05) is 12.1 Å².